The van der Waals surface area contributed by atoms with Crippen LogP contribution in [0.15, 0.2) is 23.1 Å². The molecule has 0 saturated heterocycles. The van der Waals surface area contributed by atoms with Crippen molar-refractivity contribution in [1.29, 1.82) is 0 Å². The minimum atomic E-state index is -3.69. The van der Waals surface area contributed by atoms with Crippen LogP contribution in [0.25, 0.3) is 0 Å². The maximum absolute atomic E-state index is 11.9. The molecule has 0 heterocycles. The van der Waals surface area contributed by atoms with Crippen molar-refractivity contribution in [3.63, 3.8) is 0 Å². The van der Waals surface area contributed by atoms with Gasteiger partial charge in [0, 0.05) is 12.6 Å². The molecule has 18 heavy (non-hydrogen) atoms. The molecule has 1 aromatic carbocycles. The summed E-state index contributed by atoms with van der Waals surface area (Å²) in [7, 11) is -3.69. The highest BCUT2D eigenvalue weighted by Crippen LogP contribution is 2.28. The van der Waals surface area contributed by atoms with E-state index < -0.39 is 10.0 Å². The smallest absolute Gasteiger partial charge is 0.243 e. The monoisotopic (exact) mass is 332 g/mol. The van der Waals surface area contributed by atoms with Crippen molar-refractivity contribution in [3.8, 4) is 0 Å². The molecule has 1 aromatic rings. The van der Waals surface area contributed by atoms with Crippen LogP contribution >= 0.6 is 35.6 Å². The molecular weight excluding hydrogens is 319 g/mol. The third kappa shape index (κ3) is 4.91. The van der Waals surface area contributed by atoms with E-state index in [1.807, 2.05) is 0 Å². The van der Waals surface area contributed by atoms with Gasteiger partial charge in [-0.25, -0.2) is 13.1 Å². The number of rotatable bonds is 5. The van der Waals surface area contributed by atoms with Gasteiger partial charge in [-0.05, 0) is 25.5 Å². The predicted octanol–water partition coefficient (Wildman–Crippen LogP) is 2.43. The van der Waals surface area contributed by atoms with E-state index in [0.29, 0.717) is 6.42 Å². The minimum absolute atomic E-state index is 0. The maximum atomic E-state index is 11.9. The average Bonchev–Trinajstić information content (AvgIpc) is 2.15. The van der Waals surface area contributed by atoms with Crippen molar-refractivity contribution < 1.29 is 8.42 Å². The zero-order valence-electron chi connectivity index (χ0n) is 9.69. The lowest BCUT2D eigenvalue weighted by Crippen LogP contribution is -2.29. The molecule has 0 spiro atoms. The molecule has 0 aliphatic heterocycles. The number of sulfonamides is 1. The molecule has 104 valence electrons. The van der Waals surface area contributed by atoms with Gasteiger partial charge in [-0.3, -0.25) is 0 Å². The van der Waals surface area contributed by atoms with Crippen molar-refractivity contribution in [2.24, 2.45) is 5.73 Å². The van der Waals surface area contributed by atoms with Crippen LogP contribution in [0, 0.1) is 0 Å². The summed E-state index contributed by atoms with van der Waals surface area (Å²) in [4.78, 5) is -0.0898. The number of nitrogens with two attached hydrogens (primary N) is 1. The Labute approximate surface area is 123 Å². The fraction of sp³-hybridized carbons (Fsp3) is 0.400. The fourth-order valence-corrected chi connectivity index (χ4v) is 3.42. The largest absolute Gasteiger partial charge is 0.328 e. The van der Waals surface area contributed by atoms with Crippen molar-refractivity contribution in [2.75, 3.05) is 6.54 Å². The Morgan fingerprint density at radius 2 is 1.83 bits per heavy atom. The number of hydrogen-bond acceptors (Lipinski definition) is 3. The van der Waals surface area contributed by atoms with E-state index in [4.69, 9.17) is 28.9 Å². The van der Waals surface area contributed by atoms with Crippen LogP contribution in [-0.2, 0) is 10.0 Å². The number of benzene rings is 1. The van der Waals surface area contributed by atoms with E-state index in [2.05, 4.69) is 4.72 Å². The van der Waals surface area contributed by atoms with Gasteiger partial charge in [0.2, 0.25) is 10.0 Å². The van der Waals surface area contributed by atoms with Crippen molar-refractivity contribution in [2.45, 2.75) is 24.3 Å². The summed E-state index contributed by atoms with van der Waals surface area (Å²) in [5.74, 6) is 0. The molecule has 3 N–H and O–H groups in total. The lowest BCUT2D eigenvalue weighted by molar-refractivity contribution is 0.572. The quantitative estimate of drug-likeness (QED) is 0.869. The van der Waals surface area contributed by atoms with Gasteiger partial charge in [-0.1, -0.05) is 29.3 Å². The zero-order valence-corrected chi connectivity index (χ0v) is 12.8. The second-order valence-electron chi connectivity index (χ2n) is 3.71. The van der Waals surface area contributed by atoms with Gasteiger partial charge < -0.3 is 5.73 Å². The van der Waals surface area contributed by atoms with Crippen LogP contribution in [0.1, 0.15) is 13.3 Å². The van der Waals surface area contributed by atoms with E-state index in [1.54, 1.807) is 13.0 Å². The van der Waals surface area contributed by atoms with Crippen LogP contribution < -0.4 is 10.5 Å². The van der Waals surface area contributed by atoms with Gasteiger partial charge in [0.1, 0.15) is 4.90 Å². The van der Waals surface area contributed by atoms with Crippen LogP contribution in [0.4, 0.5) is 0 Å². The van der Waals surface area contributed by atoms with Gasteiger partial charge in [-0.15, -0.1) is 12.4 Å². The zero-order chi connectivity index (χ0) is 13.1. The number of halogens is 3. The van der Waals surface area contributed by atoms with E-state index in [9.17, 15) is 8.42 Å². The summed E-state index contributed by atoms with van der Waals surface area (Å²) in [5, 5.41) is 0.205. The van der Waals surface area contributed by atoms with Gasteiger partial charge in [0.05, 0.1) is 10.0 Å². The summed E-state index contributed by atoms with van der Waals surface area (Å²) in [6.07, 6.45) is 0.543. The first-order valence-corrected chi connectivity index (χ1v) is 7.28. The molecule has 8 heteroatoms. The fourth-order valence-electron chi connectivity index (χ4n) is 1.23. The summed E-state index contributed by atoms with van der Waals surface area (Å²) in [6.45, 7) is 2.05. The first-order valence-electron chi connectivity index (χ1n) is 5.04. The lowest BCUT2D eigenvalue weighted by atomic mass is 10.3. The second kappa shape index (κ2) is 7.53. The highest BCUT2D eigenvalue weighted by atomic mass is 35.5. The molecule has 0 fully saturated rings. The average molecular weight is 334 g/mol. The van der Waals surface area contributed by atoms with Gasteiger partial charge >= 0.3 is 0 Å². The van der Waals surface area contributed by atoms with Crippen molar-refractivity contribution in [1.82, 2.24) is 4.72 Å². The Morgan fingerprint density at radius 3 is 2.28 bits per heavy atom. The second-order valence-corrected chi connectivity index (χ2v) is 6.23. The molecule has 0 amide bonds. The molecule has 1 atom stereocenters. The first kappa shape index (κ1) is 18.0. The molecular formula is C10H15Cl3N2O2S. The lowest BCUT2D eigenvalue weighted by Gasteiger charge is -2.10. The molecule has 1 unspecified atom stereocenters. The summed E-state index contributed by atoms with van der Waals surface area (Å²) < 4.78 is 26.3. The van der Waals surface area contributed by atoms with E-state index in [-0.39, 0.29) is 39.9 Å². The molecule has 0 aromatic heterocycles. The van der Waals surface area contributed by atoms with Crippen LogP contribution in [0.2, 0.25) is 10.0 Å². The maximum Gasteiger partial charge on any atom is 0.243 e. The molecule has 0 aliphatic carbocycles. The molecule has 4 nitrogen and oxygen atoms in total. The van der Waals surface area contributed by atoms with Crippen LogP contribution in [-0.4, -0.2) is 21.0 Å². The molecule has 0 bridgehead atoms. The van der Waals surface area contributed by atoms with Crippen LogP contribution in [0.5, 0.6) is 0 Å². The predicted molar refractivity (Wildman–Crippen MR) is 77.2 cm³/mol. The number of nitrogens with one attached hydrogen (secondary N) is 1. The standard InChI is InChI=1S/C10H14Cl2N2O2S.ClH/c1-7(13)5-6-14-17(15,16)10-8(11)3-2-4-9(10)12;/h2-4,7,14H,5-6,13H2,1H3;1H. The summed E-state index contributed by atoms with van der Waals surface area (Å²) in [5.41, 5.74) is 5.53. The molecule has 1 rings (SSSR count). The SMILES string of the molecule is CC(N)CCNS(=O)(=O)c1c(Cl)cccc1Cl.Cl. The topological polar surface area (TPSA) is 72.2 Å². The third-order valence-corrected chi connectivity index (χ3v) is 4.49. The Bertz CT molecular complexity index is 472. The van der Waals surface area contributed by atoms with Gasteiger partial charge in [0.25, 0.3) is 0 Å². The van der Waals surface area contributed by atoms with E-state index in [0.717, 1.165) is 0 Å². The third-order valence-electron chi connectivity index (χ3n) is 2.08. The Kier molecular flexibility index (Phi) is 7.51. The molecule has 0 saturated carbocycles. The van der Waals surface area contributed by atoms with Crippen molar-refractivity contribution in [3.05, 3.63) is 28.2 Å². The van der Waals surface area contributed by atoms with E-state index >= 15 is 0 Å². The normalized spacial score (nSPS) is 12.9. The highest BCUT2D eigenvalue weighted by molar-refractivity contribution is 7.89. The van der Waals surface area contributed by atoms with Crippen molar-refractivity contribution >= 4 is 45.6 Å². The molecule has 0 aliphatic rings. The summed E-state index contributed by atoms with van der Waals surface area (Å²) >= 11 is 11.7. The van der Waals surface area contributed by atoms with Crippen LogP contribution in [0.3, 0.4) is 0 Å². The Balaban J connectivity index is 0.00000289. The Hall–Kier alpha value is -0.0400. The van der Waals surface area contributed by atoms with Gasteiger partial charge in [0.15, 0.2) is 0 Å². The highest BCUT2D eigenvalue weighted by Gasteiger charge is 2.20. The minimum Gasteiger partial charge on any atom is -0.328 e. The molecule has 0 radical (unpaired) electrons. The number of hydrogen-bond donors (Lipinski definition) is 2. The Morgan fingerprint density at radius 1 is 1.33 bits per heavy atom. The van der Waals surface area contributed by atoms with E-state index in [1.165, 1.54) is 12.1 Å². The summed E-state index contributed by atoms with van der Waals surface area (Å²) in [6, 6.07) is 4.48. The first-order chi connectivity index (χ1) is 7.84. The van der Waals surface area contributed by atoms with Gasteiger partial charge in [-0.2, -0.15) is 0 Å².